The molecule has 0 aliphatic heterocycles. The lowest BCUT2D eigenvalue weighted by atomic mass is 10.1. The number of carbonyl (C=O) groups is 1. The summed E-state index contributed by atoms with van der Waals surface area (Å²) in [5, 5.41) is 9.03. The van der Waals surface area contributed by atoms with E-state index in [4.69, 9.17) is 0 Å². The van der Waals surface area contributed by atoms with Crippen LogP contribution in [0.4, 0.5) is 13.6 Å². The van der Waals surface area contributed by atoms with Crippen molar-refractivity contribution in [3.05, 3.63) is 47.5 Å². The summed E-state index contributed by atoms with van der Waals surface area (Å²) in [5.41, 5.74) is 0.213. The van der Waals surface area contributed by atoms with Crippen LogP contribution in [0.25, 0.3) is 0 Å². The van der Waals surface area contributed by atoms with Crippen molar-refractivity contribution in [2.75, 3.05) is 0 Å². The van der Waals surface area contributed by atoms with Crippen LogP contribution in [0.3, 0.4) is 0 Å². The number of amides is 2. The van der Waals surface area contributed by atoms with Gasteiger partial charge in [0.1, 0.15) is 23.8 Å². The maximum Gasteiger partial charge on any atom is 0.315 e. The number of hydrogen-bond acceptors (Lipinski definition) is 3. The molecule has 0 spiro atoms. The fourth-order valence-electron chi connectivity index (χ4n) is 1.82. The molecule has 0 fully saturated rings. The van der Waals surface area contributed by atoms with Crippen molar-refractivity contribution in [2.24, 2.45) is 7.05 Å². The maximum atomic E-state index is 13.6. The number of benzene rings is 1. The molecular formula is C13H15F2N5O. The van der Waals surface area contributed by atoms with Gasteiger partial charge in [0.25, 0.3) is 0 Å². The van der Waals surface area contributed by atoms with E-state index in [1.54, 1.807) is 14.0 Å². The van der Waals surface area contributed by atoms with Crippen LogP contribution in [0.2, 0.25) is 0 Å². The average Bonchev–Trinajstić information content (AvgIpc) is 2.81. The van der Waals surface area contributed by atoms with E-state index >= 15 is 0 Å². The molecule has 0 saturated heterocycles. The van der Waals surface area contributed by atoms with Gasteiger partial charge in [-0.3, -0.25) is 4.68 Å². The van der Waals surface area contributed by atoms with E-state index in [0.717, 1.165) is 12.1 Å². The number of aromatic nitrogens is 3. The van der Waals surface area contributed by atoms with Gasteiger partial charge >= 0.3 is 6.03 Å². The van der Waals surface area contributed by atoms with E-state index in [1.165, 1.54) is 17.1 Å². The van der Waals surface area contributed by atoms with Gasteiger partial charge in [0.2, 0.25) is 0 Å². The molecule has 2 aromatic rings. The second-order valence-electron chi connectivity index (χ2n) is 4.51. The Morgan fingerprint density at radius 3 is 2.81 bits per heavy atom. The second kappa shape index (κ2) is 6.29. The molecule has 1 heterocycles. The Kier molecular flexibility index (Phi) is 4.46. The third-order valence-electron chi connectivity index (χ3n) is 2.99. The lowest BCUT2D eigenvalue weighted by molar-refractivity contribution is 0.237. The Hall–Kier alpha value is -2.51. The number of urea groups is 1. The SMILES string of the molecule is C[C@H](NC(=O)NCc1ncnn1C)c1ccc(F)cc1F. The molecule has 1 aromatic carbocycles. The van der Waals surface area contributed by atoms with E-state index < -0.39 is 23.7 Å². The van der Waals surface area contributed by atoms with Crippen LogP contribution in [-0.4, -0.2) is 20.8 Å². The highest BCUT2D eigenvalue weighted by atomic mass is 19.1. The van der Waals surface area contributed by atoms with E-state index in [-0.39, 0.29) is 12.1 Å². The largest absolute Gasteiger partial charge is 0.332 e. The van der Waals surface area contributed by atoms with Gasteiger partial charge in [-0.1, -0.05) is 6.07 Å². The van der Waals surface area contributed by atoms with Crippen molar-refractivity contribution < 1.29 is 13.6 Å². The van der Waals surface area contributed by atoms with E-state index in [9.17, 15) is 13.6 Å². The van der Waals surface area contributed by atoms with Gasteiger partial charge in [-0.2, -0.15) is 5.10 Å². The average molecular weight is 295 g/mol. The van der Waals surface area contributed by atoms with Crippen molar-refractivity contribution in [1.29, 1.82) is 0 Å². The highest BCUT2D eigenvalue weighted by Gasteiger charge is 2.14. The van der Waals surface area contributed by atoms with Crippen molar-refractivity contribution in [3.63, 3.8) is 0 Å². The van der Waals surface area contributed by atoms with Crippen LogP contribution in [0.5, 0.6) is 0 Å². The molecule has 0 bridgehead atoms. The zero-order valence-electron chi connectivity index (χ0n) is 11.6. The van der Waals surface area contributed by atoms with E-state index in [1.807, 2.05) is 0 Å². The summed E-state index contributed by atoms with van der Waals surface area (Å²) in [6.45, 7) is 1.80. The third kappa shape index (κ3) is 3.74. The van der Waals surface area contributed by atoms with Gasteiger partial charge < -0.3 is 10.6 Å². The van der Waals surface area contributed by atoms with Crippen LogP contribution in [0.1, 0.15) is 24.4 Å². The zero-order chi connectivity index (χ0) is 15.4. The first-order valence-electron chi connectivity index (χ1n) is 6.29. The van der Waals surface area contributed by atoms with Gasteiger partial charge in [0, 0.05) is 18.7 Å². The topological polar surface area (TPSA) is 71.8 Å². The first-order valence-corrected chi connectivity index (χ1v) is 6.29. The van der Waals surface area contributed by atoms with Crippen LogP contribution in [0, 0.1) is 11.6 Å². The Morgan fingerprint density at radius 1 is 1.43 bits per heavy atom. The Balaban J connectivity index is 1.91. The smallest absolute Gasteiger partial charge is 0.315 e. The molecule has 21 heavy (non-hydrogen) atoms. The molecule has 0 aliphatic carbocycles. The Labute approximate surface area is 120 Å². The quantitative estimate of drug-likeness (QED) is 0.901. The van der Waals surface area contributed by atoms with E-state index in [0.29, 0.717) is 5.82 Å². The van der Waals surface area contributed by atoms with Gasteiger partial charge in [0.05, 0.1) is 12.6 Å². The molecule has 112 valence electrons. The van der Waals surface area contributed by atoms with Crippen LogP contribution in [0.15, 0.2) is 24.5 Å². The molecule has 0 aliphatic rings. The summed E-state index contributed by atoms with van der Waals surface area (Å²) < 4.78 is 27.9. The molecule has 2 N–H and O–H groups in total. The molecule has 2 rings (SSSR count). The Morgan fingerprint density at radius 2 is 2.19 bits per heavy atom. The van der Waals surface area contributed by atoms with E-state index in [2.05, 4.69) is 20.7 Å². The monoisotopic (exact) mass is 295 g/mol. The van der Waals surface area contributed by atoms with Gasteiger partial charge in [-0.25, -0.2) is 18.6 Å². The molecule has 0 saturated carbocycles. The normalized spacial score (nSPS) is 12.0. The fraction of sp³-hybridized carbons (Fsp3) is 0.308. The summed E-state index contributed by atoms with van der Waals surface area (Å²) in [6, 6.07) is 2.16. The molecule has 0 unspecified atom stereocenters. The summed E-state index contributed by atoms with van der Waals surface area (Å²) in [6.07, 6.45) is 1.38. The number of nitrogens with zero attached hydrogens (tertiary/aromatic N) is 3. The number of halogens is 2. The zero-order valence-corrected chi connectivity index (χ0v) is 11.6. The molecule has 2 amide bonds. The lowest BCUT2D eigenvalue weighted by Gasteiger charge is -2.15. The number of nitrogens with one attached hydrogen (secondary N) is 2. The summed E-state index contributed by atoms with van der Waals surface area (Å²) in [5.74, 6) is -0.767. The molecule has 1 atom stereocenters. The predicted molar refractivity (Wildman–Crippen MR) is 71.1 cm³/mol. The summed E-state index contributed by atoms with van der Waals surface area (Å²) in [4.78, 5) is 15.7. The first-order chi connectivity index (χ1) is 9.97. The molecule has 6 nitrogen and oxygen atoms in total. The number of carbonyl (C=O) groups excluding carboxylic acids is 1. The lowest BCUT2D eigenvalue weighted by Crippen LogP contribution is -2.37. The molecule has 1 aromatic heterocycles. The maximum absolute atomic E-state index is 13.6. The van der Waals surface area contributed by atoms with Crippen LogP contribution in [-0.2, 0) is 13.6 Å². The van der Waals surface area contributed by atoms with Gasteiger partial charge in [-0.05, 0) is 13.0 Å². The van der Waals surface area contributed by atoms with Crippen molar-refractivity contribution in [3.8, 4) is 0 Å². The number of aryl methyl sites for hydroxylation is 1. The molecule has 0 radical (unpaired) electrons. The van der Waals surface area contributed by atoms with Crippen molar-refractivity contribution >= 4 is 6.03 Å². The summed E-state index contributed by atoms with van der Waals surface area (Å²) in [7, 11) is 1.71. The predicted octanol–water partition coefficient (Wildman–Crippen LogP) is 1.65. The second-order valence-corrected chi connectivity index (χ2v) is 4.51. The highest BCUT2D eigenvalue weighted by Crippen LogP contribution is 2.17. The van der Waals surface area contributed by atoms with Crippen molar-refractivity contribution in [2.45, 2.75) is 19.5 Å². The first kappa shape index (κ1) is 14.9. The molecule has 8 heteroatoms. The van der Waals surface area contributed by atoms with Crippen molar-refractivity contribution in [1.82, 2.24) is 25.4 Å². The van der Waals surface area contributed by atoms with Crippen LogP contribution < -0.4 is 10.6 Å². The molecular weight excluding hydrogens is 280 g/mol. The fourth-order valence-corrected chi connectivity index (χ4v) is 1.82. The minimum Gasteiger partial charge on any atom is -0.332 e. The minimum atomic E-state index is -0.698. The highest BCUT2D eigenvalue weighted by molar-refractivity contribution is 5.74. The van der Waals surface area contributed by atoms with Gasteiger partial charge in [0.15, 0.2) is 0 Å². The minimum absolute atomic E-state index is 0.195. The number of rotatable bonds is 4. The van der Waals surface area contributed by atoms with Crippen LogP contribution >= 0.6 is 0 Å². The summed E-state index contributed by atoms with van der Waals surface area (Å²) >= 11 is 0. The standard InChI is InChI=1S/C13H15F2N5O/c1-8(10-4-3-9(14)5-11(10)15)19-13(21)16-6-12-17-7-18-20(12)2/h3-5,7-8H,6H2,1-2H3,(H2,16,19,21)/t8-/m0/s1. The van der Waals surface area contributed by atoms with Gasteiger partial charge in [-0.15, -0.1) is 0 Å². The number of hydrogen-bond donors (Lipinski definition) is 2. The Bertz CT molecular complexity index is 643. The third-order valence-corrected chi connectivity index (χ3v) is 2.99.